The number of carbonyl (C=O) groups excluding carboxylic acids is 2. The molecule has 0 saturated carbocycles. The second-order valence-electron chi connectivity index (χ2n) is 6.25. The highest BCUT2D eigenvalue weighted by Gasteiger charge is 2.13. The summed E-state index contributed by atoms with van der Waals surface area (Å²) < 4.78 is 6.50. The van der Waals surface area contributed by atoms with E-state index in [9.17, 15) is 9.59 Å². The molecule has 0 fully saturated rings. The predicted molar refractivity (Wildman–Crippen MR) is 110 cm³/mol. The van der Waals surface area contributed by atoms with E-state index in [0.717, 1.165) is 17.4 Å². The van der Waals surface area contributed by atoms with Crippen LogP contribution in [0.5, 0.6) is 5.75 Å². The number of hydrogen-bond donors (Lipinski definition) is 2. The van der Waals surface area contributed by atoms with Crippen LogP contribution in [0.25, 0.3) is 0 Å². The number of ether oxygens (including phenoxy) is 1. The number of benzene rings is 2. The van der Waals surface area contributed by atoms with E-state index in [1.54, 1.807) is 36.4 Å². The number of hydrogen-bond acceptors (Lipinski definition) is 4. The number of nitrogens with zero attached hydrogens (tertiary/aromatic N) is 1. The van der Waals surface area contributed by atoms with Crippen molar-refractivity contribution < 1.29 is 14.3 Å². The molecule has 0 aliphatic rings. The Balaban J connectivity index is 1.88. The summed E-state index contributed by atoms with van der Waals surface area (Å²) in [5.41, 5.74) is 1.09. The van der Waals surface area contributed by atoms with E-state index in [2.05, 4.69) is 31.5 Å². The number of para-hydroxylation sites is 1. The lowest BCUT2D eigenvalue weighted by molar-refractivity contribution is -0.118. The molecule has 144 valence electrons. The van der Waals surface area contributed by atoms with Gasteiger partial charge in [-0.1, -0.05) is 28.1 Å². The first kappa shape index (κ1) is 20.9. The van der Waals surface area contributed by atoms with Crippen molar-refractivity contribution in [2.75, 3.05) is 39.1 Å². The molecule has 2 amide bonds. The zero-order chi connectivity index (χ0) is 19.6. The lowest BCUT2D eigenvalue weighted by Crippen LogP contribution is -2.28. The molecule has 7 heteroatoms. The summed E-state index contributed by atoms with van der Waals surface area (Å²) >= 11 is 3.35. The van der Waals surface area contributed by atoms with Crippen molar-refractivity contribution in [2.24, 2.45) is 0 Å². The van der Waals surface area contributed by atoms with E-state index in [4.69, 9.17) is 4.74 Å². The van der Waals surface area contributed by atoms with Gasteiger partial charge in [-0.05, 0) is 63.5 Å². The van der Waals surface area contributed by atoms with Gasteiger partial charge >= 0.3 is 0 Å². The van der Waals surface area contributed by atoms with Crippen LogP contribution < -0.4 is 15.4 Å². The normalized spacial score (nSPS) is 10.5. The maximum atomic E-state index is 12.4. The van der Waals surface area contributed by atoms with Crippen LogP contribution in [0.1, 0.15) is 16.8 Å². The Kier molecular flexibility index (Phi) is 8.29. The summed E-state index contributed by atoms with van der Waals surface area (Å²) in [6.45, 7) is 1.30. The smallest absolute Gasteiger partial charge is 0.262 e. The lowest BCUT2D eigenvalue weighted by Gasteiger charge is -2.13. The molecular formula is C20H24BrN3O3. The summed E-state index contributed by atoms with van der Waals surface area (Å²) in [6.07, 6.45) is 0.858. The Bertz CT molecular complexity index is 763. The van der Waals surface area contributed by atoms with Crippen LogP contribution in [0.2, 0.25) is 0 Å². The van der Waals surface area contributed by atoms with Gasteiger partial charge in [0.25, 0.3) is 11.8 Å². The fraction of sp³-hybridized carbons (Fsp3) is 0.300. The minimum atomic E-state index is -0.293. The molecule has 0 heterocycles. The number of carbonyl (C=O) groups is 2. The van der Waals surface area contributed by atoms with E-state index in [-0.39, 0.29) is 18.4 Å². The Morgan fingerprint density at radius 1 is 1.07 bits per heavy atom. The molecule has 0 atom stereocenters. The molecule has 2 aromatic rings. The molecule has 2 rings (SSSR count). The summed E-state index contributed by atoms with van der Waals surface area (Å²) in [5, 5.41) is 5.63. The molecule has 6 nitrogen and oxygen atoms in total. The van der Waals surface area contributed by atoms with Crippen molar-refractivity contribution in [3.63, 3.8) is 0 Å². The van der Waals surface area contributed by atoms with E-state index in [0.29, 0.717) is 23.5 Å². The van der Waals surface area contributed by atoms with Crippen LogP contribution in [-0.4, -0.2) is 50.5 Å². The molecule has 0 aromatic heterocycles. The van der Waals surface area contributed by atoms with Crippen LogP contribution in [-0.2, 0) is 4.79 Å². The SMILES string of the molecule is CN(C)CCCNC(=O)c1ccccc1OCC(=O)Nc1ccc(Br)cc1. The highest BCUT2D eigenvalue weighted by Crippen LogP contribution is 2.18. The number of anilines is 1. The van der Waals surface area contributed by atoms with Gasteiger partial charge in [0.05, 0.1) is 5.56 Å². The molecule has 0 bridgehead atoms. The third-order valence-corrected chi connectivity index (χ3v) is 4.21. The molecule has 0 unspecified atom stereocenters. The molecule has 0 aliphatic carbocycles. The van der Waals surface area contributed by atoms with Gasteiger partial charge in [-0.25, -0.2) is 0 Å². The first-order chi connectivity index (χ1) is 13.0. The monoisotopic (exact) mass is 433 g/mol. The van der Waals surface area contributed by atoms with Crippen molar-refractivity contribution in [3.05, 3.63) is 58.6 Å². The van der Waals surface area contributed by atoms with Gasteiger partial charge in [0, 0.05) is 16.7 Å². The molecule has 2 N–H and O–H groups in total. The maximum Gasteiger partial charge on any atom is 0.262 e. The van der Waals surface area contributed by atoms with Crippen molar-refractivity contribution in [3.8, 4) is 5.75 Å². The van der Waals surface area contributed by atoms with Gasteiger partial charge in [0.1, 0.15) is 5.75 Å². The average molecular weight is 434 g/mol. The van der Waals surface area contributed by atoms with Gasteiger partial charge in [0.2, 0.25) is 0 Å². The van der Waals surface area contributed by atoms with Crippen LogP contribution in [0.15, 0.2) is 53.0 Å². The van der Waals surface area contributed by atoms with Gasteiger partial charge < -0.3 is 20.3 Å². The minimum absolute atomic E-state index is 0.180. The zero-order valence-corrected chi connectivity index (χ0v) is 17.1. The van der Waals surface area contributed by atoms with Crippen LogP contribution >= 0.6 is 15.9 Å². The van der Waals surface area contributed by atoms with Crippen molar-refractivity contribution >= 4 is 33.4 Å². The summed E-state index contributed by atoms with van der Waals surface area (Å²) in [6, 6.07) is 14.2. The zero-order valence-electron chi connectivity index (χ0n) is 15.5. The summed E-state index contributed by atoms with van der Waals surface area (Å²) in [5.74, 6) is -0.121. The largest absolute Gasteiger partial charge is 0.483 e. The fourth-order valence-electron chi connectivity index (χ4n) is 2.35. The standard InChI is InChI=1S/C20H24BrN3O3/c1-24(2)13-5-12-22-20(26)17-6-3-4-7-18(17)27-14-19(25)23-16-10-8-15(21)9-11-16/h3-4,6-11H,5,12-14H2,1-2H3,(H,22,26)(H,23,25). The van der Waals surface area contributed by atoms with Crippen molar-refractivity contribution in [1.82, 2.24) is 10.2 Å². The average Bonchev–Trinajstić information content (AvgIpc) is 2.65. The number of amides is 2. The summed E-state index contributed by atoms with van der Waals surface area (Å²) in [4.78, 5) is 26.5. The van der Waals surface area contributed by atoms with E-state index >= 15 is 0 Å². The number of rotatable bonds is 9. The highest BCUT2D eigenvalue weighted by atomic mass is 79.9. The first-order valence-corrected chi connectivity index (χ1v) is 9.45. The number of nitrogens with one attached hydrogen (secondary N) is 2. The molecule has 2 aromatic carbocycles. The molecular weight excluding hydrogens is 410 g/mol. The fourth-order valence-corrected chi connectivity index (χ4v) is 2.61. The second-order valence-corrected chi connectivity index (χ2v) is 7.17. The Hall–Kier alpha value is -2.38. The molecule has 27 heavy (non-hydrogen) atoms. The second kappa shape index (κ2) is 10.7. The molecule has 0 aliphatic heterocycles. The topological polar surface area (TPSA) is 70.7 Å². The molecule has 0 saturated heterocycles. The lowest BCUT2D eigenvalue weighted by atomic mass is 10.2. The first-order valence-electron chi connectivity index (χ1n) is 8.66. The molecule has 0 radical (unpaired) electrons. The Labute approximate surface area is 168 Å². The molecule has 0 spiro atoms. The van der Waals surface area contributed by atoms with Gasteiger partial charge in [-0.15, -0.1) is 0 Å². The van der Waals surface area contributed by atoms with Crippen LogP contribution in [0.4, 0.5) is 5.69 Å². The van der Waals surface area contributed by atoms with Crippen molar-refractivity contribution in [2.45, 2.75) is 6.42 Å². The third-order valence-electron chi connectivity index (χ3n) is 3.69. The van der Waals surface area contributed by atoms with Crippen molar-refractivity contribution in [1.29, 1.82) is 0 Å². The third kappa shape index (κ3) is 7.40. The van der Waals surface area contributed by atoms with Gasteiger partial charge in [-0.3, -0.25) is 9.59 Å². The highest BCUT2D eigenvalue weighted by molar-refractivity contribution is 9.10. The Morgan fingerprint density at radius 2 is 1.78 bits per heavy atom. The minimum Gasteiger partial charge on any atom is -0.483 e. The Morgan fingerprint density at radius 3 is 2.48 bits per heavy atom. The van der Waals surface area contributed by atoms with Crippen LogP contribution in [0, 0.1) is 0 Å². The quantitative estimate of drug-likeness (QED) is 0.595. The van der Waals surface area contributed by atoms with Gasteiger partial charge in [-0.2, -0.15) is 0 Å². The van der Waals surface area contributed by atoms with Gasteiger partial charge in [0.15, 0.2) is 6.61 Å². The van der Waals surface area contributed by atoms with E-state index in [1.807, 2.05) is 26.2 Å². The van der Waals surface area contributed by atoms with E-state index < -0.39 is 0 Å². The van der Waals surface area contributed by atoms with Crippen LogP contribution in [0.3, 0.4) is 0 Å². The maximum absolute atomic E-state index is 12.4. The predicted octanol–water partition coefficient (Wildman–Crippen LogP) is 3.15. The number of halogens is 1. The van der Waals surface area contributed by atoms with E-state index in [1.165, 1.54) is 0 Å². The summed E-state index contributed by atoms with van der Waals surface area (Å²) in [7, 11) is 3.98.